The Balaban J connectivity index is 2.39. The van der Waals surface area contributed by atoms with Gasteiger partial charge in [0.05, 0.1) is 17.5 Å². The van der Waals surface area contributed by atoms with E-state index in [4.69, 9.17) is 15.6 Å². The van der Waals surface area contributed by atoms with Gasteiger partial charge in [-0.2, -0.15) is 4.98 Å². The van der Waals surface area contributed by atoms with Crippen LogP contribution in [0, 0.1) is 6.92 Å². The fourth-order valence-corrected chi connectivity index (χ4v) is 2.56. The molecule has 1 aromatic rings. The van der Waals surface area contributed by atoms with E-state index in [2.05, 4.69) is 20.9 Å². The number of alkyl halides is 1. The Morgan fingerprint density at radius 2 is 2.33 bits per heavy atom. The number of anilines is 1. The minimum absolute atomic E-state index is 0.166. The quantitative estimate of drug-likeness (QED) is 0.612. The van der Waals surface area contributed by atoms with Crippen LogP contribution in [0.2, 0.25) is 0 Å². The van der Waals surface area contributed by atoms with Crippen LogP contribution in [-0.2, 0) is 4.74 Å². The fraction of sp³-hybridized carbons (Fsp3) is 0.600. The molecule has 0 unspecified atom stereocenters. The van der Waals surface area contributed by atoms with E-state index in [9.17, 15) is 9.90 Å². The first-order chi connectivity index (χ1) is 8.45. The highest BCUT2D eigenvalue weighted by Crippen LogP contribution is 2.33. The molecule has 4 N–H and O–H groups in total. The van der Waals surface area contributed by atoms with Crippen LogP contribution in [-0.4, -0.2) is 43.4 Å². The van der Waals surface area contributed by atoms with Gasteiger partial charge in [-0.15, -0.1) is 0 Å². The van der Waals surface area contributed by atoms with Crippen molar-refractivity contribution in [3.05, 3.63) is 22.2 Å². The van der Waals surface area contributed by atoms with Crippen molar-refractivity contribution in [1.82, 2.24) is 9.55 Å². The first-order valence-corrected chi connectivity index (χ1v) is 6.31. The summed E-state index contributed by atoms with van der Waals surface area (Å²) in [5, 5.41) is 18.9. The van der Waals surface area contributed by atoms with Crippen LogP contribution in [0.25, 0.3) is 0 Å². The van der Waals surface area contributed by atoms with Crippen LogP contribution in [0.1, 0.15) is 11.8 Å². The van der Waals surface area contributed by atoms with Gasteiger partial charge in [-0.1, -0.05) is 15.9 Å². The monoisotopic (exact) mass is 319 g/mol. The van der Waals surface area contributed by atoms with Crippen LogP contribution in [0.5, 0.6) is 0 Å². The van der Waals surface area contributed by atoms with Gasteiger partial charge in [0.25, 0.3) is 0 Å². The lowest BCUT2D eigenvalue weighted by Gasteiger charge is -2.17. The molecule has 7 nitrogen and oxygen atoms in total. The standard InChI is InChI=1S/C10H14BrN3O4/c1-4-2-14(10(17)13-8(4)12)9-6(11)7(16)5(3-15)18-9/h2,5-7,9,15-16H,3H2,1H3,(H2,12,13,17)/t5-,6-,7-,9-/m1/s1. The summed E-state index contributed by atoms with van der Waals surface area (Å²) in [5.74, 6) is 0.166. The summed E-state index contributed by atoms with van der Waals surface area (Å²) in [5.41, 5.74) is 5.62. The molecule has 18 heavy (non-hydrogen) atoms. The summed E-state index contributed by atoms with van der Waals surface area (Å²) in [4.78, 5) is 14.9. The summed E-state index contributed by atoms with van der Waals surface area (Å²) >= 11 is 3.26. The predicted octanol–water partition coefficient (Wildman–Crippen LogP) is -0.852. The topological polar surface area (TPSA) is 111 Å². The van der Waals surface area contributed by atoms with Crippen LogP contribution in [0.15, 0.2) is 11.0 Å². The molecule has 1 aliphatic heterocycles. The van der Waals surface area contributed by atoms with Gasteiger partial charge in [0.2, 0.25) is 0 Å². The lowest BCUT2D eigenvalue weighted by Crippen LogP contribution is -2.33. The van der Waals surface area contributed by atoms with Crippen molar-refractivity contribution in [2.75, 3.05) is 12.3 Å². The maximum absolute atomic E-state index is 11.8. The predicted molar refractivity (Wildman–Crippen MR) is 67.4 cm³/mol. The number of nitrogen functional groups attached to an aromatic ring is 1. The zero-order valence-corrected chi connectivity index (χ0v) is 11.2. The molecule has 0 saturated carbocycles. The molecule has 4 atom stereocenters. The Hall–Kier alpha value is -0.960. The molecule has 0 spiro atoms. The Morgan fingerprint density at radius 3 is 2.89 bits per heavy atom. The third-order valence-electron chi connectivity index (χ3n) is 2.92. The zero-order valence-electron chi connectivity index (χ0n) is 9.65. The Labute approximate surface area is 111 Å². The largest absolute Gasteiger partial charge is 0.394 e. The van der Waals surface area contributed by atoms with E-state index in [0.29, 0.717) is 5.56 Å². The molecule has 0 aromatic carbocycles. The zero-order chi connectivity index (χ0) is 13.4. The first kappa shape index (κ1) is 13.5. The Kier molecular flexibility index (Phi) is 3.71. The van der Waals surface area contributed by atoms with Gasteiger partial charge >= 0.3 is 5.69 Å². The average molecular weight is 320 g/mol. The molecule has 1 aliphatic rings. The SMILES string of the molecule is Cc1cn([C@@H]2O[C@H](CO)[C@@H](O)[C@H]2Br)c(=O)nc1N. The van der Waals surface area contributed by atoms with Gasteiger partial charge in [-0.25, -0.2) is 4.79 Å². The van der Waals surface area contributed by atoms with Crippen LogP contribution in [0.4, 0.5) is 5.82 Å². The third kappa shape index (κ3) is 2.16. The number of aliphatic hydroxyl groups is 2. The van der Waals surface area contributed by atoms with Crippen molar-refractivity contribution in [3.63, 3.8) is 0 Å². The molecule has 0 aliphatic carbocycles. The van der Waals surface area contributed by atoms with Crippen molar-refractivity contribution in [1.29, 1.82) is 0 Å². The lowest BCUT2D eigenvalue weighted by atomic mass is 10.2. The third-order valence-corrected chi connectivity index (χ3v) is 3.92. The maximum Gasteiger partial charge on any atom is 0.351 e. The molecule has 2 rings (SSSR count). The molecule has 100 valence electrons. The van der Waals surface area contributed by atoms with E-state index in [0.717, 1.165) is 0 Å². The molecule has 0 radical (unpaired) electrons. The normalized spacial score (nSPS) is 31.8. The first-order valence-electron chi connectivity index (χ1n) is 5.39. The van der Waals surface area contributed by atoms with E-state index >= 15 is 0 Å². The van der Waals surface area contributed by atoms with E-state index in [1.165, 1.54) is 10.8 Å². The van der Waals surface area contributed by atoms with Gasteiger partial charge in [-0.3, -0.25) is 4.57 Å². The number of hydrogen-bond donors (Lipinski definition) is 3. The Morgan fingerprint density at radius 1 is 1.67 bits per heavy atom. The molecule has 8 heteroatoms. The number of ether oxygens (including phenoxy) is 1. The van der Waals surface area contributed by atoms with Crippen molar-refractivity contribution in [2.24, 2.45) is 0 Å². The number of nitrogens with two attached hydrogens (primary N) is 1. The maximum atomic E-state index is 11.8. The summed E-state index contributed by atoms with van der Waals surface area (Å²) in [6.07, 6.45) is -0.832. The van der Waals surface area contributed by atoms with E-state index in [-0.39, 0.29) is 12.4 Å². The summed E-state index contributed by atoms with van der Waals surface area (Å²) in [6.45, 7) is 1.40. The molecule has 1 saturated heterocycles. The number of rotatable bonds is 2. The number of hydrogen-bond acceptors (Lipinski definition) is 6. The molecular formula is C10H14BrN3O4. The minimum Gasteiger partial charge on any atom is -0.394 e. The average Bonchev–Trinajstić information content (AvgIpc) is 2.61. The lowest BCUT2D eigenvalue weighted by molar-refractivity contribution is -0.0456. The second-order valence-electron chi connectivity index (χ2n) is 4.18. The van der Waals surface area contributed by atoms with Crippen molar-refractivity contribution in [2.45, 2.75) is 30.2 Å². The van der Waals surface area contributed by atoms with Crippen LogP contribution < -0.4 is 11.4 Å². The van der Waals surface area contributed by atoms with Gasteiger partial charge < -0.3 is 20.7 Å². The summed E-state index contributed by atoms with van der Waals surface area (Å²) < 4.78 is 6.69. The van der Waals surface area contributed by atoms with Crippen molar-refractivity contribution < 1.29 is 14.9 Å². The number of halogens is 1. The van der Waals surface area contributed by atoms with Gasteiger partial charge in [0, 0.05) is 11.8 Å². The smallest absolute Gasteiger partial charge is 0.351 e. The fourth-order valence-electron chi connectivity index (χ4n) is 1.84. The van der Waals surface area contributed by atoms with Crippen molar-refractivity contribution >= 4 is 21.7 Å². The molecule has 2 heterocycles. The highest BCUT2D eigenvalue weighted by molar-refractivity contribution is 9.09. The van der Waals surface area contributed by atoms with Gasteiger partial charge in [0.15, 0.2) is 6.23 Å². The van der Waals surface area contributed by atoms with E-state index < -0.39 is 29.0 Å². The second-order valence-corrected chi connectivity index (χ2v) is 5.24. The molecular weight excluding hydrogens is 306 g/mol. The van der Waals surface area contributed by atoms with E-state index in [1.54, 1.807) is 6.92 Å². The summed E-state index contributed by atoms with van der Waals surface area (Å²) in [6, 6.07) is 0. The molecule has 1 fully saturated rings. The van der Waals surface area contributed by atoms with E-state index in [1.807, 2.05) is 0 Å². The molecule has 1 aromatic heterocycles. The highest BCUT2D eigenvalue weighted by atomic mass is 79.9. The minimum atomic E-state index is -0.898. The Bertz CT molecular complexity index is 506. The van der Waals surface area contributed by atoms with Gasteiger partial charge in [0.1, 0.15) is 11.9 Å². The van der Waals surface area contributed by atoms with Gasteiger partial charge in [-0.05, 0) is 6.92 Å². The summed E-state index contributed by atoms with van der Waals surface area (Å²) in [7, 11) is 0. The van der Waals surface area contributed by atoms with Crippen LogP contribution in [0.3, 0.4) is 0 Å². The number of aliphatic hydroxyl groups excluding tert-OH is 2. The van der Waals surface area contributed by atoms with Crippen molar-refractivity contribution in [3.8, 4) is 0 Å². The number of aromatic nitrogens is 2. The molecule has 0 amide bonds. The molecule has 0 bridgehead atoms. The second kappa shape index (κ2) is 4.96. The number of nitrogens with zero attached hydrogens (tertiary/aromatic N) is 2. The van der Waals surface area contributed by atoms with Crippen LogP contribution >= 0.6 is 15.9 Å². The highest BCUT2D eigenvalue weighted by Gasteiger charge is 2.43. The number of aryl methyl sites for hydroxylation is 1.